The molecule has 1 fully saturated rings. The molecule has 1 amide bonds. The maximum absolute atomic E-state index is 12.2. The van der Waals surface area contributed by atoms with E-state index in [-0.39, 0.29) is 12.5 Å². The number of ether oxygens (including phenoxy) is 2. The van der Waals surface area contributed by atoms with Gasteiger partial charge >= 0.3 is 5.97 Å². The molecule has 1 aliphatic heterocycles. The highest BCUT2D eigenvalue weighted by Gasteiger charge is 2.34. The fourth-order valence-electron chi connectivity index (χ4n) is 2.67. The van der Waals surface area contributed by atoms with Crippen LogP contribution >= 0.6 is 0 Å². The monoisotopic (exact) mass is 319 g/mol. The van der Waals surface area contributed by atoms with Crippen molar-refractivity contribution in [3.05, 3.63) is 36.4 Å². The van der Waals surface area contributed by atoms with Crippen LogP contribution in [0.5, 0.6) is 11.5 Å². The number of likely N-dealkylation sites (tertiary alicyclic amines) is 1. The molecule has 1 atom stereocenters. The van der Waals surface area contributed by atoms with E-state index in [9.17, 15) is 9.59 Å². The van der Waals surface area contributed by atoms with E-state index in [0.29, 0.717) is 37.3 Å². The first-order chi connectivity index (χ1) is 11.1. The normalized spacial score (nSPS) is 16.9. The molecule has 0 unspecified atom stereocenters. The maximum atomic E-state index is 12.2. The summed E-state index contributed by atoms with van der Waals surface area (Å²) in [6, 6.07) is 4.70. The minimum Gasteiger partial charge on any atom is -0.493 e. The SMILES string of the molecule is C=CCc1ccc(OCC(=O)N2CCC[C@@H]2C(=O)O)c(OC)c1. The summed E-state index contributed by atoms with van der Waals surface area (Å²) in [5.74, 6) is -0.303. The molecular weight excluding hydrogens is 298 g/mol. The van der Waals surface area contributed by atoms with Crippen LogP contribution in [0.1, 0.15) is 18.4 Å². The fourth-order valence-corrected chi connectivity index (χ4v) is 2.67. The molecule has 6 heteroatoms. The average Bonchev–Trinajstić information content (AvgIpc) is 3.03. The molecule has 1 aromatic rings. The summed E-state index contributed by atoms with van der Waals surface area (Å²) in [4.78, 5) is 24.7. The van der Waals surface area contributed by atoms with Gasteiger partial charge in [-0.3, -0.25) is 4.79 Å². The molecule has 1 N–H and O–H groups in total. The quantitative estimate of drug-likeness (QED) is 0.777. The van der Waals surface area contributed by atoms with E-state index in [0.717, 1.165) is 5.56 Å². The molecule has 6 nitrogen and oxygen atoms in total. The molecular formula is C17H21NO5. The van der Waals surface area contributed by atoms with Gasteiger partial charge in [-0.15, -0.1) is 6.58 Å². The molecule has 0 aliphatic carbocycles. The highest BCUT2D eigenvalue weighted by molar-refractivity contribution is 5.85. The molecule has 124 valence electrons. The number of carbonyl (C=O) groups excluding carboxylic acids is 1. The largest absolute Gasteiger partial charge is 0.493 e. The third-order valence-corrected chi connectivity index (χ3v) is 3.82. The Morgan fingerprint density at radius 2 is 2.22 bits per heavy atom. The number of amides is 1. The van der Waals surface area contributed by atoms with E-state index in [1.165, 1.54) is 12.0 Å². The number of hydrogen-bond acceptors (Lipinski definition) is 4. The summed E-state index contributed by atoms with van der Waals surface area (Å²) in [6.07, 6.45) is 3.69. The molecule has 0 radical (unpaired) electrons. The molecule has 1 aliphatic rings. The highest BCUT2D eigenvalue weighted by Crippen LogP contribution is 2.28. The maximum Gasteiger partial charge on any atom is 0.326 e. The minimum absolute atomic E-state index is 0.207. The number of rotatable bonds is 7. The standard InChI is InChI=1S/C17H21NO5/c1-3-5-12-7-8-14(15(10-12)22-2)23-11-16(19)18-9-4-6-13(18)17(20)21/h3,7-8,10,13H,1,4-6,9,11H2,2H3,(H,20,21)/t13-/m1/s1. The lowest BCUT2D eigenvalue weighted by Gasteiger charge is -2.21. The van der Waals surface area contributed by atoms with Gasteiger partial charge in [0.1, 0.15) is 6.04 Å². The Balaban J connectivity index is 2.01. The van der Waals surface area contributed by atoms with Gasteiger partial charge in [0.15, 0.2) is 18.1 Å². The number of benzene rings is 1. The Kier molecular flexibility index (Phi) is 5.62. The highest BCUT2D eigenvalue weighted by atomic mass is 16.5. The van der Waals surface area contributed by atoms with Gasteiger partial charge in [-0.05, 0) is 37.0 Å². The van der Waals surface area contributed by atoms with Gasteiger partial charge in [-0.25, -0.2) is 4.79 Å². The zero-order chi connectivity index (χ0) is 16.8. The Labute approximate surface area is 135 Å². The summed E-state index contributed by atoms with van der Waals surface area (Å²) in [5, 5.41) is 9.12. The van der Waals surface area contributed by atoms with Crippen LogP contribution in [0.3, 0.4) is 0 Å². The summed E-state index contributed by atoms with van der Waals surface area (Å²) in [7, 11) is 1.53. The van der Waals surface area contributed by atoms with E-state index >= 15 is 0 Å². The minimum atomic E-state index is -0.970. The summed E-state index contributed by atoms with van der Waals surface area (Å²) >= 11 is 0. The van der Waals surface area contributed by atoms with Gasteiger partial charge in [0.05, 0.1) is 7.11 Å². The summed E-state index contributed by atoms with van der Waals surface area (Å²) < 4.78 is 10.8. The number of nitrogens with zero attached hydrogens (tertiary/aromatic N) is 1. The number of methoxy groups -OCH3 is 1. The van der Waals surface area contributed by atoms with Crippen LogP contribution in [0.4, 0.5) is 0 Å². The van der Waals surface area contributed by atoms with Gasteiger partial charge in [0.25, 0.3) is 5.91 Å². The molecule has 0 saturated carbocycles. The first-order valence-electron chi connectivity index (χ1n) is 7.49. The van der Waals surface area contributed by atoms with Gasteiger partial charge in [0, 0.05) is 6.54 Å². The number of hydrogen-bond donors (Lipinski definition) is 1. The predicted octanol–water partition coefficient (Wildman–Crippen LogP) is 1.88. The van der Waals surface area contributed by atoms with Crippen LogP contribution in [0.2, 0.25) is 0 Å². The molecule has 1 heterocycles. The van der Waals surface area contributed by atoms with E-state index < -0.39 is 12.0 Å². The van der Waals surface area contributed by atoms with Crippen LogP contribution in [-0.4, -0.2) is 48.2 Å². The van der Waals surface area contributed by atoms with Crippen LogP contribution in [0.15, 0.2) is 30.9 Å². The van der Waals surface area contributed by atoms with Crippen molar-refractivity contribution >= 4 is 11.9 Å². The zero-order valence-corrected chi connectivity index (χ0v) is 13.2. The lowest BCUT2D eigenvalue weighted by atomic mass is 10.1. The molecule has 2 rings (SSSR count). The van der Waals surface area contributed by atoms with Crippen molar-refractivity contribution in [1.29, 1.82) is 0 Å². The van der Waals surface area contributed by atoms with Crippen molar-refractivity contribution in [2.45, 2.75) is 25.3 Å². The molecule has 1 saturated heterocycles. The zero-order valence-electron chi connectivity index (χ0n) is 13.2. The van der Waals surface area contributed by atoms with Crippen LogP contribution in [0.25, 0.3) is 0 Å². The lowest BCUT2D eigenvalue weighted by Crippen LogP contribution is -2.42. The number of allylic oxidation sites excluding steroid dienone is 1. The topological polar surface area (TPSA) is 76.1 Å². The molecule has 0 aromatic heterocycles. The van der Waals surface area contributed by atoms with Crippen molar-refractivity contribution in [3.63, 3.8) is 0 Å². The third-order valence-electron chi connectivity index (χ3n) is 3.82. The Morgan fingerprint density at radius 3 is 2.87 bits per heavy atom. The van der Waals surface area contributed by atoms with Crippen LogP contribution in [-0.2, 0) is 16.0 Å². The smallest absolute Gasteiger partial charge is 0.326 e. The predicted molar refractivity (Wildman–Crippen MR) is 84.8 cm³/mol. The van der Waals surface area contributed by atoms with E-state index in [2.05, 4.69) is 6.58 Å². The number of carboxylic acid groups (broad SMARTS) is 1. The van der Waals surface area contributed by atoms with Gasteiger partial charge < -0.3 is 19.5 Å². The Morgan fingerprint density at radius 1 is 1.43 bits per heavy atom. The third kappa shape index (κ3) is 4.03. The van der Waals surface area contributed by atoms with E-state index in [4.69, 9.17) is 14.6 Å². The summed E-state index contributed by atoms with van der Waals surface area (Å²) in [5.41, 5.74) is 1.03. The Hall–Kier alpha value is -2.50. The first kappa shape index (κ1) is 16.9. The van der Waals surface area contributed by atoms with Gasteiger partial charge in [0.2, 0.25) is 0 Å². The lowest BCUT2D eigenvalue weighted by molar-refractivity contribution is -0.149. The summed E-state index contributed by atoms with van der Waals surface area (Å²) in [6.45, 7) is 3.93. The van der Waals surface area contributed by atoms with Crippen molar-refractivity contribution in [2.75, 3.05) is 20.3 Å². The Bertz CT molecular complexity index is 599. The number of carboxylic acids is 1. The van der Waals surface area contributed by atoms with Gasteiger partial charge in [-0.1, -0.05) is 12.1 Å². The average molecular weight is 319 g/mol. The number of carbonyl (C=O) groups is 2. The van der Waals surface area contributed by atoms with E-state index in [1.807, 2.05) is 12.1 Å². The van der Waals surface area contributed by atoms with E-state index in [1.54, 1.807) is 12.1 Å². The molecule has 23 heavy (non-hydrogen) atoms. The van der Waals surface area contributed by atoms with Crippen molar-refractivity contribution in [1.82, 2.24) is 4.90 Å². The second kappa shape index (κ2) is 7.67. The fraction of sp³-hybridized carbons (Fsp3) is 0.412. The van der Waals surface area contributed by atoms with Crippen molar-refractivity contribution in [2.24, 2.45) is 0 Å². The molecule has 0 bridgehead atoms. The van der Waals surface area contributed by atoms with Gasteiger partial charge in [-0.2, -0.15) is 0 Å². The molecule has 1 aromatic carbocycles. The second-order valence-electron chi connectivity index (χ2n) is 5.35. The van der Waals surface area contributed by atoms with Crippen LogP contribution < -0.4 is 9.47 Å². The van der Waals surface area contributed by atoms with Crippen molar-refractivity contribution < 1.29 is 24.2 Å². The second-order valence-corrected chi connectivity index (χ2v) is 5.35. The van der Waals surface area contributed by atoms with Crippen LogP contribution in [0, 0.1) is 0 Å². The van der Waals surface area contributed by atoms with Crippen molar-refractivity contribution in [3.8, 4) is 11.5 Å². The number of aliphatic carboxylic acids is 1. The molecule has 0 spiro atoms. The first-order valence-corrected chi connectivity index (χ1v) is 7.49.